The minimum Gasteiger partial charge on any atom is -0.496 e. The maximum atomic E-state index is 6.32. The molecule has 0 radical (unpaired) electrons. The Kier molecular flexibility index (Phi) is 4.06. The highest BCUT2D eigenvalue weighted by molar-refractivity contribution is 9.10. The zero-order chi connectivity index (χ0) is 14.0. The van der Waals surface area contributed by atoms with Crippen LogP contribution in [0, 0.1) is 0 Å². The lowest BCUT2D eigenvalue weighted by Crippen LogP contribution is -2.18. The summed E-state index contributed by atoms with van der Waals surface area (Å²) in [6, 6.07) is 5.08. The number of rotatable bonds is 4. The van der Waals surface area contributed by atoms with Crippen molar-refractivity contribution >= 4 is 15.9 Å². The zero-order valence-electron chi connectivity index (χ0n) is 10.9. The summed E-state index contributed by atoms with van der Waals surface area (Å²) < 4.78 is 13.0. The van der Waals surface area contributed by atoms with E-state index in [1.807, 2.05) is 18.2 Å². The Morgan fingerprint density at radius 1 is 1.26 bits per heavy atom. The van der Waals surface area contributed by atoms with E-state index in [-0.39, 0.29) is 0 Å². The molecule has 0 aliphatic carbocycles. The standard InChI is InChI=1S/C12H15BrN4O2/c1-17-11(12(13)15-16-17)10(14)9-7(18-2)5-4-6-8(9)19-3/h4-6,10H,14H2,1-3H3. The molecule has 2 rings (SSSR count). The SMILES string of the molecule is COc1cccc(OC)c1C(N)c1c(Br)nnn1C. The van der Waals surface area contributed by atoms with E-state index in [9.17, 15) is 0 Å². The second-order valence-corrected chi connectivity index (χ2v) is 4.69. The van der Waals surface area contributed by atoms with Gasteiger partial charge in [0.1, 0.15) is 11.5 Å². The second-order valence-electron chi connectivity index (χ2n) is 3.94. The lowest BCUT2D eigenvalue weighted by atomic mass is 10.0. The average molecular weight is 327 g/mol. The minimum absolute atomic E-state index is 0.458. The minimum atomic E-state index is -0.458. The van der Waals surface area contributed by atoms with Crippen molar-refractivity contribution in [3.63, 3.8) is 0 Å². The third kappa shape index (κ3) is 2.43. The number of hydrogen-bond donors (Lipinski definition) is 1. The van der Waals surface area contributed by atoms with Crippen LogP contribution >= 0.6 is 15.9 Å². The van der Waals surface area contributed by atoms with Crippen molar-refractivity contribution in [3.05, 3.63) is 34.1 Å². The van der Waals surface area contributed by atoms with Gasteiger partial charge in [0.05, 0.1) is 31.5 Å². The highest BCUT2D eigenvalue weighted by atomic mass is 79.9. The fraction of sp³-hybridized carbons (Fsp3) is 0.333. The van der Waals surface area contributed by atoms with E-state index in [0.29, 0.717) is 16.1 Å². The van der Waals surface area contributed by atoms with Crippen LogP contribution in [0.15, 0.2) is 22.8 Å². The van der Waals surface area contributed by atoms with Crippen LogP contribution in [0.3, 0.4) is 0 Å². The summed E-state index contributed by atoms with van der Waals surface area (Å²) in [6.45, 7) is 0. The van der Waals surface area contributed by atoms with E-state index >= 15 is 0 Å². The third-order valence-corrected chi connectivity index (χ3v) is 3.46. The first-order valence-electron chi connectivity index (χ1n) is 5.61. The number of aryl methyl sites for hydroxylation is 1. The Morgan fingerprint density at radius 2 is 1.84 bits per heavy atom. The van der Waals surface area contributed by atoms with E-state index < -0.39 is 6.04 Å². The first kappa shape index (κ1) is 13.8. The first-order chi connectivity index (χ1) is 9.10. The molecule has 1 aromatic heterocycles. The van der Waals surface area contributed by atoms with Crippen LogP contribution in [0.2, 0.25) is 0 Å². The van der Waals surface area contributed by atoms with Gasteiger partial charge < -0.3 is 15.2 Å². The quantitative estimate of drug-likeness (QED) is 0.924. The second kappa shape index (κ2) is 5.58. The van der Waals surface area contributed by atoms with Crippen LogP contribution in [-0.4, -0.2) is 29.2 Å². The van der Waals surface area contributed by atoms with Crippen molar-refractivity contribution in [1.29, 1.82) is 0 Å². The smallest absolute Gasteiger partial charge is 0.153 e. The molecule has 0 fully saturated rings. The molecule has 1 heterocycles. The molecular weight excluding hydrogens is 312 g/mol. The summed E-state index contributed by atoms with van der Waals surface area (Å²) in [5.41, 5.74) is 7.84. The fourth-order valence-corrected chi connectivity index (χ4v) is 2.57. The monoisotopic (exact) mass is 326 g/mol. The molecule has 2 aromatic rings. The van der Waals surface area contributed by atoms with Crippen molar-refractivity contribution in [2.45, 2.75) is 6.04 Å². The fourth-order valence-electron chi connectivity index (χ4n) is 1.99. The predicted molar refractivity (Wildman–Crippen MR) is 74.3 cm³/mol. The molecule has 6 nitrogen and oxygen atoms in total. The van der Waals surface area contributed by atoms with Crippen LogP contribution < -0.4 is 15.2 Å². The molecule has 1 unspecified atom stereocenters. The molecule has 0 bridgehead atoms. The van der Waals surface area contributed by atoms with Gasteiger partial charge in [-0.15, -0.1) is 5.10 Å². The van der Waals surface area contributed by atoms with E-state index in [4.69, 9.17) is 15.2 Å². The zero-order valence-corrected chi connectivity index (χ0v) is 12.5. The Labute approximate surface area is 119 Å². The molecule has 0 aliphatic rings. The van der Waals surface area contributed by atoms with Crippen molar-refractivity contribution in [2.75, 3.05) is 14.2 Å². The van der Waals surface area contributed by atoms with Crippen molar-refractivity contribution in [3.8, 4) is 11.5 Å². The highest BCUT2D eigenvalue weighted by Gasteiger charge is 2.24. The molecule has 0 amide bonds. The van der Waals surface area contributed by atoms with Crippen LogP contribution in [0.4, 0.5) is 0 Å². The van der Waals surface area contributed by atoms with Gasteiger partial charge >= 0.3 is 0 Å². The number of nitrogens with zero attached hydrogens (tertiary/aromatic N) is 3. The summed E-state index contributed by atoms with van der Waals surface area (Å²) in [5.74, 6) is 1.33. The topological polar surface area (TPSA) is 75.2 Å². The lowest BCUT2D eigenvalue weighted by molar-refractivity contribution is 0.381. The number of methoxy groups -OCH3 is 2. The normalized spacial score (nSPS) is 12.3. The average Bonchev–Trinajstić information content (AvgIpc) is 2.76. The summed E-state index contributed by atoms with van der Waals surface area (Å²) in [6.07, 6.45) is 0. The van der Waals surface area contributed by atoms with Gasteiger partial charge in [-0.05, 0) is 28.1 Å². The van der Waals surface area contributed by atoms with Gasteiger partial charge in [0, 0.05) is 7.05 Å². The van der Waals surface area contributed by atoms with Crippen LogP contribution in [-0.2, 0) is 7.05 Å². The first-order valence-corrected chi connectivity index (χ1v) is 6.41. The third-order valence-electron chi connectivity index (χ3n) is 2.90. The Balaban J connectivity index is 2.58. The molecule has 1 aromatic carbocycles. The van der Waals surface area contributed by atoms with Crippen LogP contribution in [0.5, 0.6) is 11.5 Å². The van der Waals surface area contributed by atoms with E-state index in [1.165, 1.54) is 0 Å². The summed E-state index contributed by atoms with van der Waals surface area (Å²) in [5, 5.41) is 7.87. The Hall–Kier alpha value is -1.60. The molecule has 19 heavy (non-hydrogen) atoms. The molecule has 102 valence electrons. The van der Waals surface area contributed by atoms with Crippen molar-refractivity contribution in [1.82, 2.24) is 15.0 Å². The largest absolute Gasteiger partial charge is 0.496 e. The maximum absolute atomic E-state index is 6.32. The molecule has 2 N–H and O–H groups in total. The molecule has 0 saturated carbocycles. The van der Waals surface area contributed by atoms with E-state index in [2.05, 4.69) is 26.2 Å². The van der Waals surface area contributed by atoms with Crippen LogP contribution in [0.25, 0.3) is 0 Å². The van der Waals surface area contributed by atoms with E-state index in [1.54, 1.807) is 25.9 Å². The number of aromatic nitrogens is 3. The van der Waals surface area contributed by atoms with E-state index in [0.717, 1.165) is 11.3 Å². The van der Waals surface area contributed by atoms with Gasteiger partial charge in [-0.2, -0.15) is 0 Å². The Morgan fingerprint density at radius 3 is 2.26 bits per heavy atom. The molecule has 1 atom stereocenters. The summed E-state index contributed by atoms with van der Waals surface area (Å²) in [7, 11) is 4.98. The van der Waals surface area contributed by atoms with Gasteiger partial charge in [-0.25, -0.2) is 4.68 Å². The van der Waals surface area contributed by atoms with Crippen molar-refractivity contribution in [2.24, 2.45) is 12.8 Å². The van der Waals surface area contributed by atoms with Gasteiger partial charge in [0.25, 0.3) is 0 Å². The van der Waals surface area contributed by atoms with Gasteiger partial charge in [-0.1, -0.05) is 11.3 Å². The van der Waals surface area contributed by atoms with Gasteiger partial charge in [0.15, 0.2) is 4.60 Å². The molecule has 7 heteroatoms. The van der Waals surface area contributed by atoms with Crippen molar-refractivity contribution < 1.29 is 9.47 Å². The lowest BCUT2D eigenvalue weighted by Gasteiger charge is -2.19. The Bertz CT molecular complexity index is 543. The molecule has 0 spiro atoms. The predicted octanol–water partition coefficient (Wildman–Crippen LogP) is 1.64. The molecule has 0 aliphatic heterocycles. The summed E-state index contributed by atoms with van der Waals surface area (Å²) in [4.78, 5) is 0. The highest BCUT2D eigenvalue weighted by Crippen LogP contribution is 2.37. The number of benzene rings is 1. The molecular formula is C12H15BrN4O2. The van der Waals surface area contributed by atoms with Gasteiger partial charge in [0.2, 0.25) is 0 Å². The molecule has 0 saturated heterocycles. The summed E-state index contributed by atoms with van der Waals surface area (Å²) >= 11 is 3.35. The number of nitrogens with two attached hydrogens (primary N) is 1. The number of ether oxygens (including phenoxy) is 2. The number of hydrogen-bond acceptors (Lipinski definition) is 5. The number of halogens is 1. The van der Waals surface area contributed by atoms with Crippen LogP contribution in [0.1, 0.15) is 17.3 Å². The van der Waals surface area contributed by atoms with Gasteiger partial charge in [-0.3, -0.25) is 0 Å². The maximum Gasteiger partial charge on any atom is 0.153 e.